The maximum Gasteiger partial charge on any atom is 0.138 e. The molecule has 7 heteroatoms. The number of aliphatic hydroxyl groups is 2. The number of aryl methyl sites for hydroxylation is 1. The number of nitrogens with zero attached hydrogens (tertiary/aromatic N) is 2. The lowest BCUT2D eigenvalue weighted by Crippen LogP contribution is -2.23. The molecule has 0 fully saturated rings. The van der Waals surface area contributed by atoms with Gasteiger partial charge in [-0.2, -0.15) is 0 Å². The number of hydrogen-bond acceptors (Lipinski definition) is 5. The van der Waals surface area contributed by atoms with Gasteiger partial charge >= 0.3 is 0 Å². The largest absolute Gasteiger partial charge is 0.383 e. The van der Waals surface area contributed by atoms with Crippen LogP contribution < -0.4 is 0 Å². The first-order valence-electron chi connectivity index (χ1n) is 7.53. The van der Waals surface area contributed by atoms with Gasteiger partial charge < -0.3 is 10.2 Å². The zero-order valence-corrected chi connectivity index (χ0v) is 15.9. The Kier molecular flexibility index (Phi) is 5.14. The summed E-state index contributed by atoms with van der Waals surface area (Å²) in [4.78, 5) is 9.36. The highest BCUT2D eigenvalue weighted by molar-refractivity contribution is 7.12. The van der Waals surface area contributed by atoms with Crippen molar-refractivity contribution in [1.82, 2.24) is 9.97 Å². The van der Waals surface area contributed by atoms with E-state index in [4.69, 9.17) is 23.2 Å². The van der Waals surface area contributed by atoms with Gasteiger partial charge in [-0.1, -0.05) is 35.3 Å². The molecule has 1 aromatic carbocycles. The van der Waals surface area contributed by atoms with Crippen molar-refractivity contribution in [3.63, 3.8) is 0 Å². The Balaban J connectivity index is 2.01. The Morgan fingerprint density at radius 1 is 1.24 bits per heavy atom. The van der Waals surface area contributed by atoms with Crippen LogP contribution in [0, 0.1) is 6.92 Å². The summed E-state index contributed by atoms with van der Waals surface area (Å²) >= 11 is 13.5. The van der Waals surface area contributed by atoms with Gasteiger partial charge in [-0.3, -0.25) is 0 Å². The Morgan fingerprint density at radius 3 is 2.68 bits per heavy atom. The first-order chi connectivity index (χ1) is 11.8. The van der Waals surface area contributed by atoms with E-state index in [9.17, 15) is 10.2 Å². The van der Waals surface area contributed by atoms with E-state index in [0.717, 1.165) is 4.88 Å². The molecular formula is C18H16Cl2N2O2S. The van der Waals surface area contributed by atoms with Crippen LogP contribution in [0.3, 0.4) is 0 Å². The third-order valence-corrected chi connectivity index (χ3v) is 5.76. The molecule has 0 spiro atoms. The zero-order chi connectivity index (χ0) is 18.2. The molecule has 0 aliphatic rings. The Hall–Kier alpha value is -1.50. The van der Waals surface area contributed by atoms with Crippen LogP contribution in [0.5, 0.6) is 0 Å². The van der Waals surface area contributed by atoms with Crippen LogP contribution >= 0.6 is 34.5 Å². The highest BCUT2D eigenvalue weighted by Crippen LogP contribution is 2.40. The first kappa shape index (κ1) is 18.3. The van der Waals surface area contributed by atoms with Gasteiger partial charge in [-0.25, -0.2) is 9.97 Å². The van der Waals surface area contributed by atoms with Crippen LogP contribution in [0.15, 0.2) is 42.9 Å². The topological polar surface area (TPSA) is 66.2 Å². The normalized spacial score (nSPS) is 15.0. The molecule has 2 atom stereocenters. The fourth-order valence-electron chi connectivity index (χ4n) is 2.73. The number of aromatic nitrogens is 2. The Morgan fingerprint density at radius 2 is 2.00 bits per heavy atom. The first-order valence-corrected chi connectivity index (χ1v) is 9.10. The number of rotatable bonds is 4. The maximum absolute atomic E-state index is 11.1. The summed E-state index contributed by atoms with van der Waals surface area (Å²) in [5.41, 5.74) is 0.588. The molecule has 2 N–H and O–H groups in total. The van der Waals surface area contributed by atoms with Crippen molar-refractivity contribution in [2.45, 2.75) is 25.6 Å². The van der Waals surface area contributed by atoms with E-state index in [0.29, 0.717) is 26.6 Å². The van der Waals surface area contributed by atoms with Crippen LogP contribution in [-0.2, 0) is 5.60 Å². The average molecular weight is 395 g/mol. The van der Waals surface area contributed by atoms with Crippen molar-refractivity contribution in [1.29, 1.82) is 0 Å². The van der Waals surface area contributed by atoms with Gasteiger partial charge in [0.2, 0.25) is 0 Å². The molecule has 3 rings (SSSR count). The van der Waals surface area contributed by atoms with E-state index in [2.05, 4.69) is 9.97 Å². The number of benzene rings is 1. The van der Waals surface area contributed by atoms with Crippen molar-refractivity contribution in [3.8, 4) is 0 Å². The molecule has 130 valence electrons. The molecule has 2 heterocycles. The minimum Gasteiger partial charge on any atom is -0.383 e. The number of hydrogen-bond donors (Lipinski definition) is 2. The van der Waals surface area contributed by atoms with Gasteiger partial charge in [0.05, 0.1) is 0 Å². The quantitative estimate of drug-likeness (QED) is 0.639. The van der Waals surface area contributed by atoms with Crippen molar-refractivity contribution < 1.29 is 10.2 Å². The summed E-state index contributed by atoms with van der Waals surface area (Å²) in [5.74, 6) is 0. The minimum atomic E-state index is -1.24. The van der Waals surface area contributed by atoms with Crippen molar-refractivity contribution in [2.75, 3.05) is 0 Å². The molecular weight excluding hydrogens is 379 g/mol. The number of halogens is 2. The van der Waals surface area contributed by atoms with Crippen LogP contribution in [0.4, 0.5) is 0 Å². The Bertz CT molecular complexity index is 912. The highest BCUT2D eigenvalue weighted by Gasteiger charge is 2.31. The van der Waals surface area contributed by atoms with E-state index >= 15 is 0 Å². The zero-order valence-electron chi connectivity index (χ0n) is 13.6. The lowest BCUT2D eigenvalue weighted by atomic mass is 9.88. The van der Waals surface area contributed by atoms with Gasteiger partial charge in [-0.05, 0) is 37.6 Å². The molecule has 0 radical (unpaired) electrons. The Labute approximate surface area is 159 Å². The summed E-state index contributed by atoms with van der Waals surface area (Å²) < 4.78 is 0. The fourth-order valence-corrected chi connectivity index (χ4v) is 4.25. The van der Waals surface area contributed by atoms with Gasteiger partial charge in [0.15, 0.2) is 0 Å². The van der Waals surface area contributed by atoms with Gasteiger partial charge in [-0.15, -0.1) is 11.3 Å². The smallest absolute Gasteiger partial charge is 0.138 e. The van der Waals surface area contributed by atoms with Crippen molar-refractivity contribution in [3.05, 3.63) is 79.5 Å². The van der Waals surface area contributed by atoms with E-state index in [1.54, 1.807) is 31.2 Å². The second-order valence-corrected chi connectivity index (χ2v) is 7.95. The lowest BCUT2D eigenvalue weighted by molar-refractivity contribution is 0.102. The minimum absolute atomic E-state index is 0.205. The summed E-state index contributed by atoms with van der Waals surface area (Å²) in [6.45, 7) is 3.61. The molecule has 0 saturated carbocycles. The predicted octanol–water partition coefficient (Wildman–Crippen LogP) is 4.49. The van der Waals surface area contributed by atoms with E-state index in [1.807, 2.05) is 13.0 Å². The van der Waals surface area contributed by atoms with Crippen LogP contribution in [0.25, 0.3) is 0 Å². The molecule has 0 saturated heterocycles. The summed E-state index contributed by atoms with van der Waals surface area (Å²) in [6, 6.07) is 8.89. The molecule has 0 amide bonds. The number of thiophene rings is 1. The summed E-state index contributed by atoms with van der Waals surface area (Å²) in [7, 11) is 0. The van der Waals surface area contributed by atoms with Gasteiger partial charge in [0.25, 0.3) is 0 Å². The SMILES string of the molecule is Cc1sc([C@@H](O)c2cncnc2Cl)cc1C(C)(O)c1cccc(Cl)c1. The second kappa shape index (κ2) is 7.02. The standard InChI is InChI=1S/C18H16Cl2N2O2S/c1-10-14(18(2,24)11-4-3-5-12(19)6-11)7-15(25-10)16(23)13-8-21-9-22-17(13)20/h3-9,16,23-24H,1-2H3/t16-,18?/m0/s1. The monoisotopic (exact) mass is 394 g/mol. The highest BCUT2D eigenvalue weighted by atomic mass is 35.5. The molecule has 0 aliphatic heterocycles. The molecule has 25 heavy (non-hydrogen) atoms. The third kappa shape index (κ3) is 3.57. The van der Waals surface area contributed by atoms with E-state index in [-0.39, 0.29) is 5.15 Å². The summed E-state index contributed by atoms with van der Waals surface area (Å²) in [6.07, 6.45) is 1.86. The molecule has 4 nitrogen and oxygen atoms in total. The fraction of sp³-hybridized carbons (Fsp3) is 0.222. The molecule has 3 aromatic rings. The summed E-state index contributed by atoms with van der Waals surface area (Å²) in [5, 5.41) is 22.5. The second-order valence-electron chi connectivity index (χ2n) is 5.87. The van der Waals surface area contributed by atoms with Gasteiger partial charge in [0, 0.05) is 32.1 Å². The third-order valence-electron chi connectivity index (χ3n) is 4.10. The van der Waals surface area contributed by atoms with Gasteiger partial charge in [0.1, 0.15) is 23.2 Å². The van der Waals surface area contributed by atoms with E-state index < -0.39 is 11.7 Å². The molecule has 0 bridgehead atoms. The average Bonchev–Trinajstić information content (AvgIpc) is 2.97. The van der Waals surface area contributed by atoms with Crippen molar-refractivity contribution >= 4 is 34.5 Å². The lowest BCUT2D eigenvalue weighted by Gasteiger charge is -2.24. The van der Waals surface area contributed by atoms with Crippen LogP contribution in [0.2, 0.25) is 10.2 Å². The molecule has 0 aliphatic carbocycles. The van der Waals surface area contributed by atoms with Crippen LogP contribution in [-0.4, -0.2) is 20.2 Å². The molecule has 2 aromatic heterocycles. The molecule has 1 unspecified atom stereocenters. The van der Waals surface area contributed by atoms with E-state index in [1.165, 1.54) is 23.9 Å². The van der Waals surface area contributed by atoms with Crippen LogP contribution in [0.1, 0.15) is 39.5 Å². The predicted molar refractivity (Wildman–Crippen MR) is 100 cm³/mol. The maximum atomic E-state index is 11.1. The number of aliphatic hydroxyl groups excluding tert-OH is 1. The van der Waals surface area contributed by atoms with Crippen molar-refractivity contribution in [2.24, 2.45) is 0 Å².